The van der Waals surface area contributed by atoms with Crippen LogP contribution < -0.4 is 10.4 Å². The Labute approximate surface area is 165 Å². The molecule has 0 spiro atoms. The third-order valence-corrected chi connectivity index (χ3v) is 5.20. The molecule has 0 aliphatic heterocycles. The SMILES string of the molecule is Cc1cc(-c2cscn2)ccc1OCc1c(C)cccc1-n1nnn(C)c1=O. The number of hydrogen-bond acceptors (Lipinski definition) is 6. The van der Waals surface area contributed by atoms with E-state index in [9.17, 15) is 4.79 Å². The summed E-state index contributed by atoms with van der Waals surface area (Å²) in [5.74, 6) is 0.791. The van der Waals surface area contributed by atoms with Gasteiger partial charge < -0.3 is 4.74 Å². The van der Waals surface area contributed by atoms with Crippen molar-refractivity contribution in [2.24, 2.45) is 7.05 Å². The first kappa shape index (κ1) is 18.1. The van der Waals surface area contributed by atoms with Crippen LogP contribution in [-0.4, -0.2) is 24.8 Å². The molecule has 142 valence electrons. The highest BCUT2D eigenvalue weighted by atomic mass is 32.1. The molecular formula is C20H19N5O2S. The number of aryl methyl sites for hydroxylation is 3. The monoisotopic (exact) mass is 393 g/mol. The molecule has 4 aromatic rings. The number of tetrazole rings is 1. The molecule has 0 saturated heterocycles. The zero-order valence-corrected chi connectivity index (χ0v) is 16.6. The zero-order valence-electron chi connectivity index (χ0n) is 15.8. The molecule has 2 aromatic heterocycles. The number of rotatable bonds is 5. The maximum absolute atomic E-state index is 12.3. The Morgan fingerprint density at radius 2 is 1.96 bits per heavy atom. The van der Waals surface area contributed by atoms with Crippen LogP contribution in [0.2, 0.25) is 0 Å². The standard InChI is InChI=1S/C20H19N5O2S/c1-13-5-4-6-18(25-20(26)24(3)22-23-25)16(13)10-27-19-8-7-15(9-14(19)2)17-11-28-12-21-17/h4-9,11-12H,10H2,1-3H3. The van der Waals surface area contributed by atoms with Crippen LogP contribution in [0.4, 0.5) is 0 Å². The van der Waals surface area contributed by atoms with Crippen molar-refractivity contribution in [1.82, 2.24) is 24.8 Å². The fourth-order valence-corrected chi connectivity index (χ4v) is 3.57. The van der Waals surface area contributed by atoms with Crippen molar-refractivity contribution in [3.8, 4) is 22.7 Å². The maximum atomic E-state index is 12.3. The summed E-state index contributed by atoms with van der Waals surface area (Å²) in [7, 11) is 1.57. The lowest BCUT2D eigenvalue weighted by atomic mass is 10.1. The van der Waals surface area contributed by atoms with Crippen molar-refractivity contribution < 1.29 is 4.74 Å². The van der Waals surface area contributed by atoms with Crippen molar-refractivity contribution in [1.29, 1.82) is 0 Å². The minimum absolute atomic E-state index is 0.296. The van der Waals surface area contributed by atoms with Crippen LogP contribution >= 0.6 is 11.3 Å². The smallest absolute Gasteiger partial charge is 0.368 e. The second-order valence-electron chi connectivity index (χ2n) is 6.51. The Kier molecular flexibility index (Phi) is 4.79. The average Bonchev–Trinajstić information content (AvgIpc) is 3.33. The lowest BCUT2D eigenvalue weighted by molar-refractivity contribution is 0.302. The molecular weight excluding hydrogens is 374 g/mol. The van der Waals surface area contributed by atoms with Gasteiger partial charge in [-0.3, -0.25) is 0 Å². The number of benzene rings is 2. The highest BCUT2D eigenvalue weighted by Crippen LogP contribution is 2.27. The van der Waals surface area contributed by atoms with Crippen LogP contribution in [0.5, 0.6) is 5.75 Å². The van der Waals surface area contributed by atoms with Gasteiger partial charge in [0, 0.05) is 23.6 Å². The van der Waals surface area contributed by atoms with Crippen molar-refractivity contribution in [2.75, 3.05) is 0 Å². The molecule has 0 saturated carbocycles. The Morgan fingerprint density at radius 1 is 1.11 bits per heavy atom. The van der Waals surface area contributed by atoms with Crippen molar-refractivity contribution in [3.63, 3.8) is 0 Å². The molecule has 2 aromatic carbocycles. The first-order chi connectivity index (χ1) is 13.5. The number of nitrogens with zero attached hydrogens (tertiary/aromatic N) is 5. The maximum Gasteiger partial charge on any atom is 0.368 e. The molecule has 0 radical (unpaired) electrons. The number of hydrogen-bond donors (Lipinski definition) is 0. The summed E-state index contributed by atoms with van der Waals surface area (Å²) in [5, 5.41) is 9.78. The summed E-state index contributed by atoms with van der Waals surface area (Å²) in [6, 6.07) is 11.8. The van der Waals surface area contributed by atoms with Gasteiger partial charge in [0.05, 0.1) is 16.9 Å². The summed E-state index contributed by atoms with van der Waals surface area (Å²) in [6.07, 6.45) is 0. The predicted octanol–water partition coefficient (Wildman–Crippen LogP) is 3.29. The molecule has 0 fully saturated rings. The summed E-state index contributed by atoms with van der Waals surface area (Å²) >= 11 is 1.57. The fraction of sp³-hybridized carbons (Fsp3) is 0.200. The van der Waals surface area contributed by atoms with E-state index in [0.717, 1.165) is 33.7 Å². The van der Waals surface area contributed by atoms with Crippen LogP contribution in [0.15, 0.2) is 52.1 Å². The van der Waals surface area contributed by atoms with E-state index in [2.05, 4.69) is 21.5 Å². The van der Waals surface area contributed by atoms with Crippen LogP contribution in [0, 0.1) is 13.8 Å². The quantitative estimate of drug-likeness (QED) is 0.520. The van der Waals surface area contributed by atoms with Crippen molar-refractivity contribution in [3.05, 3.63) is 74.5 Å². The molecule has 8 heteroatoms. The van der Waals surface area contributed by atoms with Crippen LogP contribution in [0.1, 0.15) is 16.7 Å². The third kappa shape index (κ3) is 3.34. The minimum atomic E-state index is -0.296. The van der Waals surface area contributed by atoms with E-state index >= 15 is 0 Å². The van der Waals surface area contributed by atoms with E-state index in [0.29, 0.717) is 12.3 Å². The summed E-state index contributed by atoms with van der Waals surface area (Å²) in [4.78, 5) is 16.6. The van der Waals surface area contributed by atoms with E-state index in [-0.39, 0.29) is 5.69 Å². The largest absolute Gasteiger partial charge is 0.489 e. The minimum Gasteiger partial charge on any atom is -0.489 e. The van der Waals surface area contributed by atoms with Gasteiger partial charge in [-0.15, -0.1) is 11.3 Å². The zero-order chi connectivity index (χ0) is 19.7. The Morgan fingerprint density at radius 3 is 2.64 bits per heavy atom. The second-order valence-corrected chi connectivity index (χ2v) is 7.23. The summed E-state index contributed by atoms with van der Waals surface area (Å²) in [6.45, 7) is 4.32. The molecule has 0 atom stereocenters. The number of ether oxygens (including phenoxy) is 1. The summed E-state index contributed by atoms with van der Waals surface area (Å²) < 4.78 is 8.59. The molecule has 0 aliphatic carbocycles. The van der Waals surface area contributed by atoms with E-state index in [1.807, 2.05) is 55.1 Å². The van der Waals surface area contributed by atoms with Crippen LogP contribution in [0.3, 0.4) is 0 Å². The highest BCUT2D eigenvalue weighted by Gasteiger charge is 2.14. The molecule has 0 unspecified atom stereocenters. The van der Waals surface area contributed by atoms with Gasteiger partial charge in [-0.1, -0.05) is 12.1 Å². The Balaban J connectivity index is 1.62. The number of aromatic nitrogens is 5. The lowest BCUT2D eigenvalue weighted by Gasteiger charge is -2.14. The molecule has 4 rings (SSSR count). The van der Waals surface area contributed by atoms with Gasteiger partial charge in [0.15, 0.2) is 0 Å². The topological polar surface area (TPSA) is 74.8 Å². The predicted molar refractivity (Wildman–Crippen MR) is 108 cm³/mol. The third-order valence-electron chi connectivity index (χ3n) is 4.61. The van der Waals surface area contributed by atoms with Gasteiger partial charge in [0.2, 0.25) is 0 Å². The molecule has 28 heavy (non-hydrogen) atoms. The molecule has 7 nitrogen and oxygen atoms in total. The Hall–Kier alpha value is -3.26. The summed E-state index contributed by atoms with van der Waals surface area (Å²) in [5.41, 5.74) is 7.17. The first-order valence-corrected chi connectivity index (χ1v) is 9.69. The molecule has 0 aliphatic rings. The Bertz CT molecular complexity index is 1180. The highest BCUT2D eigenvalue weighted by molar-refractivity contribution is 7.07. The normalized spacial score (nSPS) is 11.0. The molecule has 2 heterocycles. The van der Waals surface area contributed by atoms with E-state index in [1.54, 1.807) is 18.4 Å². The van der Waals surface area contributed by atoms with E-state index in [1.165, 1.54) is 9.36 Å². The molecule has 0 bridgehead atoms. The fourth-order valence-electron chi connectivity index (χ4n) is 3.01. The van der Waals surface area contributed by atoms with Gasteiger partial charge in [-0.2, -0.15) is 9.36 Å². The average molecular weight is 393 g/mol. The van der Waals surface area contributed by atoms with Gasteiger partial charge in [0.25, 0.3) is 0 Å². The van der Waals surface area contributed by atoms with Crippen LogP contribution in [-0.2, 0) is 13.7 Å². The lowest BCUT2D eigenvalue weighted by Crippen LogP contribution is -2.23. The van der Waals surface area contributed by atoms with E-state index in [4.69, 9.17) is 4.74 Å². The van der Waals surface area contributed by atoms with Gasteiger partial charge >= 0.3 is 5.69 Å². The van der Waals surface area contributed by atoms with Gasteiger partial charge in [0.1, 0.15) is 12.4 Å². The van der Waals surface area contributed by atoms with Gasteiger partial charge in [-0.25, -0.2) is 9.78 Å². The van der Waals surface area contributed by atoms with Crippen molar-refractivity contribution in [2.45, 2.75) is 20.5 Å². The van der Waals surface area contributed by atoms with Gasteiger partial charge in [-0.05, 0) is 59.7 Å². The van der Waals surface area contributed by atoms with Crippen molar-refractivity contribution >= 4 is 11.3 Å². The van der Waals surface area contributed by atoms with Crippen LogP contribution in [0.25, 0.3) is 16.9 Å². The second kappa shape index (κ2) is 7.40. The van der Waals surface area contributed by atoms with E-state index < -0.39 is 0 Å². The molecule has 0 amide bonds. The molecule has 0 N–H and O–H groups in total. The number of thiazole rings is 1. The first-order valence-electron chi connectivity index (χ1n) is 8.74.